The second kappa shape index (κ2) is 6.93. The molecule has 0 aliphatic heterocycles. The van der Waals surface area contributed by atoms with Crippen molar-refractivity contribution in [2.45, 2.75) is 39.8 Å². The number of nitrogens with zero attached hydrogens (tertiary/aromatic N) is 1. The minimum Gasteiger partial charge on any atom is -0.455 e. The highest BCUT2D eigenvalue weighted by Crippen LogP contribution is 2.39. The molecule has 156 valence electrons. The zero-order valence-electron chi connectivity index (χ0n) is 17.0. The molecule has 1 N–H and O–H groups in total. The first-order chi connectivity index (χ1) is 13.3. The highest BCUT2D eigenvalue weighted by Gasteiger charge is 2.37. The highest BCUT2D eigenvalue weighted by molar-refractivity contribution is 6.08. The molecule has 1 amide bonds. The van der Waals surface area contributed by atoms with E-state index >= 15 is 0 Å². The molecule has 0 radical (unpaired) electrons. The van der Waals surface area contributed by atoms with E-state index in [-0.39, 0.29) is 22.6 Å². The first-order valence-corrected chi connectivity index (χ1v) is 9.15. The third-order valence-electron chi connectivity index (χ3n) is 5.04. The van der Waals surface area contributed by atoms with Crippen LogP contribution in [0.2, 0.25) is 0 Å². The maximum Gasteiger partial charge on any atom is 0.416 e. The lowest BCUT2D eigenvalue weighted by Crippen LogP contribution is -2.26. The maximum atomic E-state index is 13.1. The smallest absolute Gasteiger partial charge is 0.416 e. The number of furan rings is 1. The summed E-state index contributed by atoms with van der Waals surface area (Å²) in [6.45, 7) is 5.50. The van der Waals surface area contributed by atoms with Crippen LogP contribution in [0.1, 0.15) is 58.1 Å². The van der Waals surface area contributed by atoms with Gasteiger partial charge in [0, 0.05) is 32.5 Å². The molecule has 8 heteroatoms. The minimum atomic E-state index is -4.54. The summed E-state index contributed by atoms with van der Waals surface area (Å²) in [5.74, 6) is -0.386. The highest BCUT2D eigenvalue weighted by atomic mass is 19.4. The number of fused-ring (bicyclic) bond motifs is 1. The number of rotatable bonds is 3. The number of ketones is 1. The van der Waals surface area contributed by atoms with Crippen LogP contribution in [0.4, 0.5) is 24.5 Å². The number of hydrogen-bond donors (Lipinski definition) is 1. The lowest BCUT2D eigenvalue weighted by molar-refractivity contribution is -0.137. The van der Waals surface area contributed by atoms with Crippen LogP contribution in [0, 0.1) is 12.3 Å². The van der Waals surface area contributed by atoms with Crippen LogP contribution in [-0.2, 0) is 12.6 Å². The molecule has 0 spiro atoms. The molecule has 2 aromatic rings. The fourth-order valence-corrected chi connectivity index (χ4v) is 3.68. The van der Waals surface area contributed by atoms with E-state index in [4.69, 9.17) is 4.42 Å². The summed E-state index contributed by atoms with van der Waals surface area (Å²) in [6.07, 6.45) is -3.68. The molecule has 1 aliphatic rings. The molecular weight excluding hydrogens is 385 g/mol. The van der Waals surface area contributed by atoms with Gasteiger partial charge in [-0.05, 0) is 30.5 Å². The summed E-state index contributed by atoms with van der Waals surface area (Å²) >= 11 is 0. The SMILES string of the molecule is Cc1c(C(=O)Nc2cc(C(F)(F)F)ccc2N(C)C)oc2c1C(=O)CC(C)(C)C2. The second-order valence-electron chi connectivity index (χ2n) is 8.37. The molecule has 1 aromatic carbocycles. The van der Waals surface area contributed by atoms with Gasteiger partial charge in [-0.3, -0.25) is 9.59 Å². The fraction of sp³-hybridized carbons (Fsp3) is 0.429. The van der Waals surface area contributed by atoms with Crippen molar-refractivity contribution in [1.82, 2.24) is 0 Å². The first-order valence-electron chi connectivity index (χ1n) is 9.15. The van der Waals surface area contributed by atoms with E-state index in [0.29, 0.717) is 35.4 Å². The van der Waals surface area contributed by atoms with Gasteiger partial charge >= 0.3 is 6.18 Å². The number of hydrogen-bond acceptors (Lipinski definition) is 4. The van der Waals surface area contributed by atoms with Crippen LogP contribution in [-0.4, -0.2) is 25.8 Å². The molecule has 0 unspecified atom stereocenters. The van der Waals surface area contributed by atoms with Gasteiger partial charge in [-0.2, -0.15) is 13.2 Å². The lowest BCUT2D eigenvalue weighted by Gasteiger charge is -2.27. The van der Waals surface area contributed by atoms with Crippen molar-refractivity contribution in [2.24, 2.45) is 5.41 Å². The number of nitrogens with one attached hydrogen (secondary N) is 1. The van der Waals surface area contributed by atoms with Gasteiger partial charge < -0.3 is 14.6 Å². The topological polar surface area (TPSA) is 62.6 Å². The van der Waals surface area contributed by atoms with E-state index in [1.54, 1.807) is 25.9 Å². The Balaban J connectivity index is 1.99. The predicted octanol–water partition coefficient (Wildman–Crippen LogP) is 5.08. The van der Waals surface area contributed by atoms with Crippen LogP contribution < -0.4 is 10.2 Å². The molecule has 0 fully saturated rings. The lowest BCUT2D eigenvalue weighted by atomic mass is 9.76. The molecule has 29 heavy (non-hydrogen) atoms. The van der Waals surface area contributed by atoms with Crippen molar-refractivity contribution in [1.29, 1.82) is 0 Å². The number of alkyl halides is 3. The van der Waals surface area contributed by atoms with Crippen molar-refractivity contribution >= 4 is 23.1 Å². The molecule has 0 saturated heterocycles. The van der Waals surface area contributed by atoms with Crippen LogP contribution in [0.15, 0.2) is 22.6 Å². The summed E-state index contributed by atoms with van der Waals surface area (Å²) in [5.41, 5.74) is 0.0997. The molecule has 1 heterocycles. The summed E-state index contributed by atoms with van der Waals surface area (Å²) in [4.78, 5) is 26.9. The second-order valence-corrected chi connectivity index (χ2v) is 8.37. The third-order valence-corrected chi connectivity index (χ3v) is 5.04. The predicted molar refractivity (Wildman–Crippen MR) is 104 cm³/mol. The summed E-state index contributed by atoms with van der Waals surface area (Å²) in [5, 5.41) is 2.52. The zero-order chi connectivity index (χ0) is 21.7. The van der Waals surface area contributed by atoms with E-state index in [2.05, 4.69) is 5.32 Å². The Kier molecular flexibility index (Phi) is 5.01. The van der Waals surface area contributed by atoms with Crippen LogP contribution in [0.3, 0.4) is 0 Å². The van der Waals surface area contributed by atoms with Gasteiger partial charge in [0.25, 0.3) is 5.91 Å². The molecule has 0 bridgehead atoms. The van der Waals surface area contributed by atoms with E-state index in [1.165, 1.54) is 6.07 Å². The van der Waals surface area contributed by atoms with E-state index in [0.717, 1.165) is 12.1 Å². The average Bonchev–Trinajstić information content (AvgIpc) is 2.89. The summed E-state index contributed by atoms with van der Waals surface area (Å²) < 4.78 is 45.0. The van der Waals surface area contributed by atoms with Gasteiger partial charge in [-0.15, -0.1) is 0 Å². The summed E-state index contributed by atoms with van der Waals surface area (Å²) in [7, 11) is 3.33. The van der Waals surface area contributed by atoms with Crippen molar-refractivity contribution in [2.75, 3.05) is 24.3 Å². The number of benzene rings is 1. The molecular formula is C21H23F3N2O3. The van der Waals surface area contributed by atoms with Gasteiger partial charge in [0.05, 0.1) is 22.5 Å². The number of carbonyl (C=O) groups is 2. The minimum absolute atomic E-state index is 0.00949. The van der Waals surface area contributed by atoms with Gasteiger partial charge in [-0.25, -0.2) is 0 Å². The van der Waals surface area contributed by atoms with Crippen LogP contribution in [0.5, 0.6) is 0 Å². The molecule has 5 nitrogen and oxygen atoms in total. The number of halogens is 3. The number of Topliss-reactive ketones (excluding diaryl/α,β-unsaturated/α-hetero) is 1. The van der Waals surface area contributed by atoms with E-state index < -0.39 is 17.6 Å². The Bertz CT molecular complexity index is 988. The standard InChI is InChI=1S/C21H23F3N2O3/c1-11-17-15(27)9-20(2,3)10-16(17)29-18(11)19(28)25-13-8-12(21(22,23)24)6-7-14(13)26(4)5/h6-8H,9-10H2,1-5H3,(H,25,28). The van der Waals surface area contributed by atoms with Crippen LogP contribution >= 0.6 is 0 Å². The van der Waals surface area contributed by atoms with Crippen molar-refractivity contribution in [3.8, 4) is 0 Å². The Labute approximate surface area is 166 Å². The Morgan fingerprint density at radius 2 is 1.86 bits per heavy atom. The van der Waals surface area contributed by atoms with E-state index in [9.17, 15) is 22.8 Å². The largest absolute Gasteiger partial charge is 0.455 e. The zero-order valence-corrected chi connectivity index (χ0v) is 17.0. The fourth-order valence-electron chi connectivity index (χ4n) is 3.68. The monoisotopic (exact) mass is 408 g/mol. The number of carbonyl (C=O) groups excluding carboxylic acids is 2. The number of anilines is 2. The Morgan fingerprint density at radius 1 is 1.21 bits per heavy atom. The van der Waals surface area contributed by atoms with Gasteiger partial charge in [0.15, 0.2) is 11.5 Å². The van der Waals surface area contributed by atoms with Gasteiger partial charge in [-0.1, -0.05) is 13.8 Å². The Hall–Kier alpha value is -2.77. The molecule has 0 saturated carbocycles. The first kappa shape index (κ1) is 21.0. The quantitative estimate of drug-likeness (QED) is 0.769. The molecule has 0 atom stereocenters. The van der Waals surface area contributed by atoms with E-state index in [1.807, 2.05) is 13.8 Å². The van der Waals surface area contributed by atoms with Crippen LogP contribution in [0.25, 0.3) is 0 Å². The van der Waals surface area contributed by atoms with Crippen molar-refractivity contribution in [3.05, 3.63) is 46.4 Å². The maximum absolute atomic E-state index is 13.1. The normalized spacial score (nSPS) is 15.8. The van der Waals surface area contributed by atoms with Crippen molar-refractivity contribution < 1.29 is 27.2 Å². The van der Waals surface area contributed by atoms with Gasteiger partial charge in [0.1, 0.15) is 5.76 Å². The molecule has 3 rings (SSSR count). The third kappa shape index (κ3) is 4.02. The van der Waals surface area contributed by atoms with Crippen molar-refractivity contribution in [3.63, 3.8) is 0 Å². The van der Waals surface area contributed by atoms with Gasteiger partial charge in [0.2, 0.25) is 0 Å². The average molecular weight is 408 g/mol. The number of amides is 1. The Morgan fingerprint density at radius 3 is 2.45 bits per heavy atom. The molecule has 1 aromatic heterocycles. The molecule has 1 aliphatic carbocycles. The summed E-state index contributed by atoms with van der Waals surface area (Å²) in [6, 6.07) is 3.15.